The molecule has 2 heterocycles. The van der Waals surface area contributed by atoms with E-state index in [0.29, 0.717) is 11.6 Å². The van der Waals surface area contributed by atoms with E-state index in [4.69, 9.17) is 0 Å². The normalized spacial score (nSPS) is 15.0. The smallest absolute Gasteiger partial charge is 0.324 e. The number of aryl methyl sites for hydroxylation is 3. The van der Waals surface area contributed by atoms with Crippen LogP contribution in [0.4, 0.5) is 36.4 Å². The SMILES string of the molecule is C=C1CCC(c2cc(C)c(Nc3ncc(C(F)(F)F)c(Nc4cc(C)[nH]n4)n3)cc2C)CC1. The number of anilines is 4. The Hall–Kier alpha value is -3.36. The van der Waals surface area contributed by atoms with Gasteiger partial charge in [0.2, 0.25) is 5.95 Å². The minimum Gasteiger partial charge on any atom is -0.324 e. The number of hydrogen-bond acceptors (Lipinski definition) is 5. The number of hydrogen-bond donors (Lipinski definition) is 3. The van der Waals surface area contributed by atoms with Crippen LogP contribution in [0.15, 0.2) is 36.5 Å². The molecule has 0 bridgehead atoms. The fraction of sp³-hybridized carbons (Fsp3) is 0.375. The maximum absolute atomic E-state index is 13.5. The summed E-state index contributed by atoms with van der Waals surface area (Å²) in [5.74, 6) is 0.453. The van der Waals surface area contributed by atoms with Gasteiger partial charge in [0.15, 0.2) is 5.82 Å². The Balaban J connectivity index is 1.61. The number of nitrogens with one attached hydrogen (secondary N) is 3. The lowest BCUT2D eigenvalue weighted by atomic mass is 9.80. The van der Waals surface area contributed by atoms with Crippen LogP contribution in [0.2, 0.25) is 0 Å². The summed E-state index contributed by atoms with van der Waals surface area (Å²) in [5, 5.41) is 12.4. The molecule has 0 saturated heterocycles. The van der Waals surface area contributed by atoms with Gasteiger partial charge in [0, 0.05) is 23.6 Å². The molecule has 4 rings (SSSR count). The van der Waals surface area contributed by atoms with E-state index >= 15 is 0 Å². The van der Waals surface area contributed by atoms with Crippen molar-refractivity contribution in [3.05, 3.63) is 64.5 Å². The highest BCUT2D eigenvalue weighted by molar-refractivity contribution is 5.64. The number of H-pyrrole nitrogens is 1. The van der Waals surface area contributed by atoms with E-state index in [1.54, 1.807) is 13.0 Å². The standard InChI is InChI=1S/C24H27F3N6/c1-13-5-7-17(8-6-13)18-9-15(3)20(10-14(18)2)29-23-28-12-19(24(25,26)27)22(31-23)30-21-11-16(4)32-33-21/h9-12,17H,1,5-8H2,2-4H3,(H3,28,29,30,31,32,33). The van der Waals surface area contributed by atoms with E-state index in [1.165, 1.54) is 11.1 Å². The van der Waals surface area contributed by atoms with Crippen molar-refractivity contribution in [1.82, 2.24) is 20.2 Å². The van der Waals surface area contributed by atoms with Gasteiger partial charge in [-0.05, 0) is 75.1 Å². The van der Waals surface area contributed by atoms with E-state index in [2.05, 4.69) is 50.4 Å². The Morgan fingerprint density at radius 3 is 2.39 bits per heavy atom. The highest BCUT2D eigenvalue weighted by Gasteiger charge is 2.35. The number of aromatic amines is 1. The van der Waals surface area contributed by atoms with Crippen molar-refractivity contribution in [2.24, 2.45) is 0 Å². The molecule has 3 aromatic rings. The summed E-state index contributed by atoms with van der Waals surface area (Å²) < 4.78 is 40.5. The van der Waals surface area contributed by atoms with Crippen molar-refractivity contribution < 1.29 is 13.2 Å². The lowest BCUT2D eigenvalue weighted by molar-refractivity contribution is -0.137. The van der Waals surface area contributed by atoms with Gasteiger partial charge >= 0.3 is 6.18 Å². The fourth-order valence-electron chi connectivity index (χ4n) is 4.22. The van der Waals surface area contributed by atoms with Crippen LogP contribution in [0.5, 0.6) is 0 Å². The van der Waals surface area contributed by atoms with Gasteiger partial charge in [0.05, 0.1) is 0 Å². The van der Waals surface area contributed by atoms with Crippen LogP contribution < -0.4 is 10.6 Å². The third kappa shape index (κ3) is 5.18. The number of benzene rings is 1. The zero-order chi connectivity index (χ0) is 23.8. The van der Waals surface area contributed by atoms with E-state index < -0.39 is 11.7 Å². The minimum absolute atomic E-state index is 0.0713. The molecule has 174 valence electrons. The molecule has 6 nitrogen and oxygen atoms in total. The van der Waals surface area contributed by atoms with E-state index in [9.17, 15) is 13.2 Å². The Morgan fingerprint density at radius 2 is 1.76 bits per heavy atom. The van der Waals surface area contributed by atoms with Gasteiger partial charge < -0.3 is 10.6 Å². The lowest BCUT2D eigenvalue weighted by Crippen LogP contribution is -2.13. The number of halogens is 3. The Morgan fingerprint density at radius 1 is 1.03 bits per heavy atom. The molecule has 0 aliphatic heterocycles. The van der Waals surface area contributed by atoms with Gasteiger partial charge in [0.1, 0.15) is 11.4 Å². The summed E-state index contributed by atoms with van der Waals surface area (Å²) >= 11 is 0. The van der Waals surface area contributed by atoms with Crippen LogP contribution in [0, 0.1) is 20.8 Å². The molecule has 0 amide bonds. The number of nitrogens with zero attached hydrogens (tertiary/aromatic N) is 3. The van der Waals surface area contributed by atoms with Gasteiger partial charge in [-0.2, -0.15) is 23.3 Å². The number of aromatic nitrogens is 4. The third-order valence-corrected chi connectivity index (χ3v) is 6.04. The van der Waals surface area contributed by atoms with Gasteiger partial charge in [-0.3, -0.25) is 5.10 Å². The maximum Gasteiger partial charge on any atom is 0.421 e. The zero-order valence-electron chi connectivity index (χ0n) is 18.9. The second-order valence-electron chi connectivity index (χ2n) is 8.69. The molecule has 3 N–H and O–H groups in total. The maximum atomic E-state index is 13.5. The molecule has 0 spiro atoms. The molecular weight excluding hydrogens is 429 g/mol. The van der Waals surface area contributed by atoms with E-state index in [1.807, 2.05) is 13.0 Å². The Kier molecular flexibility index (Phi) is 6.14. The molecule has 9 heteroatoms. The van der Waals surface area contributed by atoms with Crippen LogP contribution in [0.3, 0.4) is 0 Å². The first-order chi connectivity index (χ1) is 15.6. The molecule has 2 aromatic heterocycles. The first-order valence-corrected chi connectivity index (χ1v) is 10.9. The van der Waals surface area contributed by atoms with Crippen molar-refractivity contribution in [3.63, 3.8) is 0 Å². The number of alkyl halides is 3. The number of rotatable bonds is 5. The first kappa shape index (κ1) is 22.8. The van der Waals surface area contributed by atoms with Gasteiger partial charge in [-0.1, -0.05) is 18.2 Å². The highest BCUT2D eigenvalue weighted by atomic mass is 19.4. The molecule has 33 heavy (non-hydrogen) atoms. The van der Waals surface area contributed by atoms with E-state index in [-0.39, 0.29) is 17.6 Å². The monoisotopic (exact) mass is 456 g/mol. The first-order valence-electron chi connectivity index (χ1n) is 10.9. The fourth-order valence-corrected chi connectivity index (χ4v) is 4.22. The quantitative estimate of drug-likeness (QED) is 0.366. The summed E-state index contributed by atoms with van der Waals surface area (Å²) in [6, 6.07) is 5.77. The molecular formula is C24H27F3N6. The topological polar surface area (TPSA) is 78.5 Å². The summed E-state index contributed by atoms with van der Waals surface area (Å²) in [7, 11) is 0. The van der Waals surface area contributed by atoms with Gasteiger partial charge in [-0.15, -0.1) is 0 Å². The third-order valence-electron chi connectivity index (χ3n) is 6.04. The van der Waals surface area contributed by atoms with Crippen molar-refractivity contribution in [2.45, 2.75) is 58.5 Å². The minimum atomic E-state index is -4.61. The molecule has 0 atom stereocenters. The summed E-state index contributed by atoms with van der Waals surface area (Å²) in [5.41, 5.74) is 5.27. The zero-order valence-corrected chi connectivity index (χ0v) is 18.9. The van der Waals surface area contributed by atoms with E-state index in [0.717, 1.165) is 48.7 Å². The second kappa shape index (κ2) is 8.88. The predicted molar refractivity (Wildman–Crippen MR) is 123 cm³/mol. The average Bonchev–Trinajstić information content (AvgIpc) is 3.15. The van der Waals surface area contributed by atoms with Crippen molar-refractivity contribution in [1.29, 1.82) is 0 Å². The molecule has 1 saturated carbocycles. The molecule has 1 aliphatic rings. The Bertz CT molecular complexity index is 1170. The average molecular weight is 457 g/mol. The Labute approximate surface area is 190 Å². The molecule has 0 radical (unpaired) electrons. The van der Waals surface area contributed by atoms with Crippen LogP contribution in [0.1, 0.15) is 59.5 Å². The van der Waals surface area contributed by atoms with Crippen molar-refractivity contribution in [2.75, 3.05) is 10.6 Å². The summed E-state index contributed by atoms with van der Waals surface area (Å²) in [4.78, 5) is 8.03. The predicted octanol–water partition coefficient (Wildman–Crippen LogP) is 6.84. The van der Waals surface area contributed by atoms with Crippen LogP contribution in [0.25, 0.3) is 0 Å². The van der Waals surface area contributed by atoms with Gasteiger partial charge in [0.25, 0.3) is 0 Å². The largest absolute Gasteiger partial charge is 0.421 e. The molecule has 1 aliphatic carbocycles. The lowest BCUT2D eigenvalue weighted by Gasteiger charge is -2.26. The molecule has 1 fully saturated rings. The van der Waals surface area contributed by atoms with Crippen LogP contribution in [-0.2, 0) is 6.18 Å². The highest BCUT2D eigenvalue weighted by Crippen LogP contribution is 2.39. The molecule has 1 aromatic carbocycles. The van der Waals surface area contributed by atoms with Crippen molar-refractivity contribution >= 4 is 23.3 Å². The van der Waals surface area contributed by atoms with Crippen LogP contribution in [-0.4, -0.2) is 20.2 Å². The number of allylic oxidation sites excluding steroid dienone is 1. The van der Waals surface area contributed by atoms with Crippen LogP contribution >= 0.6 is 0 Å². The molecule has 0 unspecified atom stereocenters. The van der Waals surface area contributed by atoms with Gasteiger partial charge in [-0.25, -0.2) is 4.98 Å². The second-order valence-corrected chi connectivity index (χ2v) is 8.69. The summed E-state index contributed by atoms with van der Waals surface area (Å²) in [6.07, 6.45) is 0.460. The summed E-state index contributed by atoms with van der Waals surface area (Å²) in [6.45, 7) is 9.89. The van der Waals surface area contributed by atoms with Crippen molar-refractivity contribution in [3.8, 4) is 0 Å².